The highest BCUT2D eigenvalue weighted by Gasteiger charge is 2.20. The standard InChI is InChI=1S/C25H39N5O2/c1-2-26-25(28-16-9-18-29-17-7-3-4-12-23(29)31)27-15-8-13-24(32)30-19-14-21-10-5-6-11-22(21)20-30/h5-6,10-11H,2-4,7-9,12-20H2,1H3,(H2,26,27,28). The summed E-state index contributed by atoms with van der Waals surface area (Å²) in [5.74, 6) is 1.30. The molecule has 2 aliphatic rings. The Bertz CT molecular complexity index is 779. The highest BCUT2D eigenvalue weighted by Crippen LogP contribution is 2.19. The molecule has 1 aromatic rings. The summed E-state index contributed by atoms with van der Waals surface area (Å²) in [6.07, 6.45) is 7.13. The Morgan fingerprint density at radius 1 is 1.03 bits per heavy atom. The highest BCUT2D eigenvalue weighted by molar-refractivity contribution is 5.80. The molecular weight excluding hydrogens is 402 g/mol. The van der Waals surface area contributed by atoms with Crippen molar-refractivity contribution in [3.63, 3.8) is 0 Å². The molecule has 2 amide bonds. The minimum Gasteiger partial charge on any atom is -0.357 e. The summed E-state index contributed by atoms with van der Waals surface area (Å²) in [4.78, 5) is 33.3. The van der Waals surface area contributed by atoms with Gasteiger partial charge in [-0.15, -0.1) is 0 Å². The van der Waals surface area contributed by atoms with E-state index < -0.39 is 0 Å². The summed E-state index contributed by atoms with van der Waals surface area (Å²) in [6.45, 7) is 7.46. The van der Waals surface area contributed by atoms with Crippen molar-refractivity contribution in [1.29, 1.82) is 0 Å². The molecule has 1 saturated heterocycles. The fourth-order valence-corrected chi connectivity index (χ4v) is 4.38. The van der Waals surface area contributed by atoms with Crippen LogP contribution < -0.4 is 10.6 Å². The third-order valence-electron chi connectivity index (χ3n) is 6.21. The minimum absolute atomic E-state index is 0.227. The second-order valence-corrected chi connectivity index (χ2v) is 8.67. The van der Waals surface area contributed by atoms with E-state index in [0.717, 1.165) is 77.2 Å². The van der Waals surface area contributed by atoms with E-state index in [1.807, 2.05) is 22.8 Å². The van der Waals surface area contributed by atoms with Crippen LogP contribution in [-0.2, 0) is 22.6 Å². The number of aliphatic imine (C=N–C) groups is 1. The Labute approximate surface area is 192 Å². The van der Waals surface area contributed by atoms with Crippen molar-refractivity contribution in [2.24, 2.45) is 4.99 Å². The van der Waals surface area contributed by atoms with Gasteiger partial charge in [-0.3, -0.25) is 14.6 Å². The molecule has 0 unspecified atom stereocenters. The van der Waals surface area contributed by atoms with E-state index >= 15 is 0 Å². The van der Waals surface area contributed by atoms with Crippen molar-refractivity contribution in [1.82, 2.24) is 20.4 Å². The van der Waals surface area contributed by atoms with Gasteiger partial charge in [0, 0.05) is 58.7 Å². The predicted molar refractivity (Wildman–Crippen MR) is 128 cm³/mol. The smallest absolute Gasteiger partial charge is 0.222 e. The summed E-state index contributed by atoms with van der Waals surface area (Å²) in [6, 6.07) is 8.40. The number of nitrogens with one attached hydrogen (secondary N) is 2. The quantitative estimate of drug-likeness (QED) is 0.351. The number of fused-ring (bicyclic) bond motifs is 1. The largest absolute Gasteiger partial charge is 0.357 e. The number of nitrogens with zero attached hydrogens (tertiary/aromatic N) is 3. The van der Waals surface area contributed by atoms with E-state index in [-0.39, 0.29) is 5.91 Å². The highest BCUT2D eigenvalue weighted by atomic mass is 16.2. The maximum absolute atomic E-state index is 12.6. The van der Waals surface area contributed by atoms with Gasteiger partial charge in [0.25, 0.3) is 0 Å². The van der Waals surface area contributed by atoms with Crippen LogP contribution in [0.15, 0.2) is 29.3 Å². The number of rotatable bonds is 9. The third kappa shape index (κ3) is 7.53. The monoisotopic (exact) mass is 441 g/mol. The summed E-state index contributed by atoms with van der Waals surface area (Å²) >= 11 is 0. The zero-order valence-corrected chi connectivity index (χ0v) is 19.6. The lowest BCUT2D eigenvalue weighted by Gasteiger charge is -2.29. The van der Waals surface area contributed by atoms with Gasteiger partial charge in [0.15, 0.2) is 5.96 Å². The molecular formula is C25H39N5O2. The molecule has 7 heteroatoms. The number of carbonyl (C=O) groups excluding carboxylic acids is 2. The van der Waals surface area contributed by atoms with Crippen molar-refractivity contribution in [3.8, 4) is 0 Å². The topological polar surface area (TPSA) is 77.0 Å². The Hall–Kier alpha value is -2.57. The average molecular weight is 442 g/mol. The second-order valence-electron chi connectivity index (χ2n) is 8.67. The molecule has 0 radical (unpaired) electrons. The van der Waals surface area contributed by atoms with Crippen LogP contribution in [-0.4, -0.2) is 66.8 Å². The molecule has 176 valence electrons. The van der Waals surface area contributed by atoms with Gasteiger partial charge in [-0.25, -0.2) is 0 Å². The first kappa shape index (κ1) is 24.1. The molecule has 32 heavy (non-hydrogen) atoms. The Balaban J connectivity index is 1.34. The van der Waals surface area contributed by atoms with E-state index in [1.165, 1.54) is 11.1 Å². The summed E-state index contributed by atoms with van der Waals surface area (Å²) < 4.78 is 0. The molecule has 0 atom stereocenters. The maximum Gasteiger partial charge on any atom is 0.222 e. The molecule has 0 aromatic heterocycles. The lowest BCUT2D eigenvalue weighted by molar-refractivity contribution is -0.132. The zero-order valence-electron chi connectivity index (χ0n) is 19.6. The Morgan fingerprint density at radius 2 is 1.88 bits per heavy atom. The Kier molecular flexibility index (Phi) is 9.85. The normalized spacial score (nSPS) is 17.0. The van der Waals surface area contributed by atoms with Crippen molar-refractivity contribution in [2.75, 3.05) is 39.3 Å². The van der Waals surface area contributed by atoms with Crippen LogP contribution >= 0.6 is 0 Å². The molecule has 2 N–H and O–H groups in total. The Morgan fingerprint density at radius 3 is 2.72 bits per heavy atom. The molecule has 3 rings (SSSR count). The van der Waals surface area contributed by atoms with Crippen LogP contribution in [0.1, 0.15) is 63.0 Å². The number of hydrogen-bond donors (Lipinski definition) is 2. The van der Waals surface area contributed by atoms with Crippen molar-refractivity contribution in [3.05, 3.63) is 35.4 Å². The van der Waals surface area contributed by atoms with Crippen molar-refractivity contribution < 1.29 is 9.59 Å². The average Bonchev–Trinajstić information content (AvgIpc) is 3.02. The van der Waals surface area contributed by atoms with E-state index in [0.29, 0.717) is 31.8 Å². The first-order valence-electron chi connectivity index (χ1n) is 12.3. The molecule has 1 fully saturated rings. The molecule has 0 aliphatic carbocycles. The molecule has 2 heterocycles. The van der Waals surface area contributed by atoms with Gasteiger partial charge in [0.2, 0.25) is 11.8 Å². The van der Waals surface area contributed by atoms with Crippen molar-refractivity contribution in [2.45, 2.75) is 64.8 Å². The van der Waals surface area contributed by atoms with Crippen molar-refractivity contribution >= 4 is 17.8 Å². The second kappa shape index (κ2) is 13.1. The number of guanidine groups is 1. The molecule has 0 bridgehead atoms. The van der Waals surface area contributed by atoms with Gasteiger partial charge in [-0.1, -0.05) is 30.7 Å². The summed E-state index contributed by atoms with van der Waals surface area (Å²) in [5.41, 5.74) is 2.64. The maximum atomic E-state index is 12.6. The molecule has 7 nitrogen and oxygen atoms in total. The van der Waals surface area contributed by atoms with Crippen LogP contribution in [0.25, 0.3) is 0 Å². The first-order chi connectivity index (χ1) is 15.7. The van der Waals surface area contributed by atoms with Gasteiger partial charge in [0.05, 0.1) is 0 Å². The third-order valence-corrected chi connectivity index (χ3v) is 6.21. The SMILES string of the molecule is CCNC(=NCCCN1CCCCCC1=O)NCCCC(=O)N1CCc2ccccc2C1. The van der Waals surface area contributed by atoms with Gasteiger partial charge >= 0.3 is 0 Å². The number of benzene rings is 1. The molecule has 0 spiro atoms. The molecule has 1 aromatic carbocycles. The minimum atomic E-state index is 0.227. The van der Waals surface area contributed by atoms with Crippen LogP contribution in [0.4, 0.5) is 0 Å². The van der Waals surface area contributed by atoms with Crippen LogP contribution in [0.2, 0.25) is 0 Å². The zero-order chi connectivity index (χ0) is 22.6. The van der Waals surface area contributed by atoms with Gasteiger partial charge in [-0.05, 0) is 50.2 Å². The molecule has 2 aliphatic heterocycles. The fraction of sp³-hybridized carbons (Fsp3) is 0.640. The number of likely N-dealkylation sites (tertiary alicyclic amines) is 1. The lowest BCUT2D eigenvalue weighted by atomic mass is 9.99. The summed E-state index contributed by atoms with van der Waals surface area (Å²) in [5, 5.41) is 6.60. The molecule has 0 saturated carbocycles. The van der Waals surface area contributed by atoms with Gasteiger partial charge < -0.3 is 20.4 Å². The van der Waals surface area contributed by atoms with E-state index in [9.17, 15) is 9.59 Å². The van der Waals surface area contributed by atoms with Crippen LogP contribution in [0.3, 0.4) is 0 Å². The van der Waals surface area contributed by atoms with Gasteiger partial charge in [0.1, 0.15) is 0 Å². The van der Waals surface area contributed by atoms with E-state index in [4.69, 9.17) is 0 Å². The number of hydrogen-bond acceptors (Lipinski definition) is 3. The van der Waals surface area contributed by atoms with Crippen LogP contribution in [0.5, 0.6) is 0 Å². The van der Waals surface area contributed by atoms with Gasteiger partial charge in [-0.2, -0.15) is 0 Å². The summed E-state index contributed by atoms with van der Waals surface area (Å²) in [7, 11) is 0. The van der Waals surface area contributed by atoms with Crippen LogP contribution in [0, 0.1) is 0 Å². The predicted octanol–water partition coefficient (Wildman–Crippen LogP) is 2.70. The van der Waals surface area contributed by atoms with E-state index in [1.54, 1.807) is 0 Å². The number of carbonyl (C=O) groups is 2. The lowest BCUT2D eigenvalue weighted by Crippen LogP contribution is -2.39. The number of amides is 2. The van der Waals surface area contributed by atoms with E-state index in [2.05, 4.69) is 33.8 Å². The first-order valence-corrected chi connectivity index (χ1v) is 12.3. The fourth-order valence-electron chi connectivity index (χ4n) is 4.38.